The fraction of sp³-hybridized carbons (Fsp3) is 0.417. The summed E-state index contributed by atoms with van der Waals surface area (Å²) in [6, 6.07) is 11.2. The molecule has 0 radical (unpaired) electrons. The number of hydrazine groups is 1. The number of anilines is 1. The van der Waals surface area contributed by atoms with E-state index in [1.54, 1.807) is 35.3 Å². The van der Waals surface area contributed by atoms with Crippen LogP contribution in [0.25, 0.3) is 0 Å². The summed E-state index contributed by atoms with van der Waals surface area (Å²) < 4.78 is 13.6. The van der Waals surface area contributed by atoms with E-state index in [1.807, 2.05) is 11.9 Å². The lowest BCUT2D eigenvalue weighted by molar-refractivity contribution is -0.119. The molecule has 1 saturated carbocycles. The predicted molar refractivity (Wildman–Crippen MR) is 132 cm³/mol. The first-order valence-corrected chi connectivity index (χ1v) is 11.8. The van der Waals surface area contributed by atoms with Gasteiger partial charge in [-0.3, -0.25) is 15.2 Å². The van der Waals surface area contributed by atoms with Gasteiger partial charge in [-0.2, -0.15) is 5.10 Å². The molecule has 1 N–H and O–H groups in total. The van der Waals surface area contributed by atoms with Crippen molar-refractivity contribution in [3.05, 3.63) is 63.9 Å². The molecule has 2 heterocycles. The van der Waals surface area contributed by atoms with Gasteiger partial charge in [-0.25, -0.2) is 9.40 Å². The minimum atomic E-state index is -0.311. The summed E-state index contributed by atoms with van der Waals surface area (Å²) in [6.07, 6.45) is 3.77. The van der Waals surface area contributed by atoms with Gasteiger partial charge in [0.05, 0.1) is 16.8 Å². The summed E-state index contributed by atoms with van der Waals surface area (Å²) in [5, 5.41) is 9.47. The Kier molecular flexibility index (Phi) is 7.20. The average Bonchev–Trinajstić information content (AvgIpc) is 3.42. The van der Waals surface area contributed by atoms with Gasteiger partial charge in [0.1, 0.15) is 11.5 Å². The topological polar surface area (TPSA) is 47.9 Å². The summed E-state index contributed by atoms with van der Waals surface area (Å²) in [4.78, 5) is 13.3. The highest BCUT2D eigenvalue weighted by Gasteiger charge is 2.42. The van der Waals surface area contributed by atoms with Crippen LogP contribution in [0, 0.1) is 23.6 Å². The number of hydrazone groups is 1. The highest BCUT2D eigenvalue weighted by molar-refractivity contribution is 6.41. The van der Waals surface area contributed by atoms with Crippen molar-refractivity contribution in [1.29, 1.82) is 0 Å². The van der Waals surface area contributed by atoms with Crippen LogP contribution in [0.4, 0.5) is 10.1 Å². The monoisotopic (exact) mass is 510 g/mol. The van der Waals surface area contributed by atoms with Gasteiger partial charge >= 0.3 is 0 Å². The van der Waals surface area contributed by atoms with Crippen molar-refractivity contribution in [3.8, 4) is 0 Å². The quantitative estimate of drug-likeness (QED) is 0.558. The number of carbonyl (C=O) groups excluding carboxylic acids is 1. The van der Waals surface area contributed by atoms with E-state index in [2.05, 4.69) is 5.43 Å². The number of hydrogen-bond acceptors (Lipinski definition) is 4. The summed E-state index contributed by atoms with van der Waals surface area (Å²) in [7, 11) is 0. The minimum Gasteiger partial charge on any atom is -0.284 e. The molecule has 2 aromatic rings. The third kappa shape index (κ3) is 4.72. The van der Waals surface area contributed by atoms with E-state index in [1.165, 1.54) is 31.4 Å². The molecule has 0 aromatic heterocycles. The Hall–Kier alpha value is -1.86. The van der Waals surface area contributed by atoms with E-state index in [0.29, 0.717) is 33.3 Å². The Morgan fingerprint density at radius 2 is 1.76 bits per heavy atom. The lowest BCUT2D eigenvalue weighted by Crippen LogP contribution is -2.45. The Balaban J connectivity index is 0.00000259. The molecule has 5 nitrogen and oxygen atoms in total. The second kappa shape index (κ2) is 9.79. The maximum absolute atomic E-state index is 13.6. The molecular weight excluding hydrogens is 486 g/mol. The highest BCUT2D eigenvalue weighted by Crippen LogP contribution is 2.42. The molecule has 176 valence electrons. The Morgan fingerprint density at radius 1 is 1.09 bits per heavy atom. The second-order valence-electron chi connectivity index (χ2n) is 9.01. The molecule has 9 heteroatoms. The van der Waals surface area contributed by atoms with Gasteiger partial charge in [0.2, 0.25) is 0 Å². The van der Waals surface area contributed by atoms with Gasteiger partial charge < -0.3 is 0 Å². The van der Waals surface area contributed by atoms with Crippen LogP contribution in [-0.4, -0.2) is 29.7 Å². The highest BCUT2D eigenvalue weighted by atomic mass is 35.5. The van der Waals surface area contributed by atoms with Crippen molar-refractivity contribution in [2.24, 2.45) is 22.9 Å². The van der Waals surface area contributed by atoms with E-state index in [-0.39, 0.29) is 36.1 Å². The van der Waals surface area contributed by atoms with Crippen molar-refractivity contribution in [2.45, 2.75) is 32.2 Å². The fourth-order valence-corrected chi connectivity index (χ4v) is 5.87. The maximum atomic E-state index is 13.6. The number of nitrogens with one attached hydrogen (secondary N) is 1. The zero-order valence-corrected chi connectivity index (χ0v) is 20.5. The Bertz CT molecular complexity index is 1050. The van der Waals surface area contributed by atoms with Crippen LogP contribution >= 0.6 is 35.6 Å². The van der Waals surface area contributed by atoms with Gasteiger partial charge in [-0.05, 0) is 60.6 Å². The Labute approximate surface area is 209 Å². The standard InChI is InChI=1S/C24H25Cl2FN4O.ClH/c1-14-22(24(32)29-30-12-16-3-2-4-17(16)13-30)28-31(21-10-7-18(25)11-20(21)26)23(14)15-5-8-19(27)9-6-15;/h5-11,14,16-17,23H,2-4,12-13H2,1H3,(H,29,32);1H/t14-,16?,17?,23-;/m0./s1. The van der Waals surface area contributed by atoms with Gasteiger partial charge in [0.15, 0.2) is 0 Å². The normalized spacial score (nSPS) is 26.7. The van der Waals surface area contributed by atoms with Crippen molar-refractivity contribution in [3.63, 3.8) is 0 Å². The van der Waals surface area contributed by atoms with Crippen molar-refractivity contribution in [1.82, 2.24) is 10.4 Å². The van der Waals surface area contributed by atoms with Crippen LogP contribution in [0.5, 0.6) is 0 Å². The molecular formula is C24H26Cl3FN4O. The van der Waals surface area contributed by atoms with Gasteiger partial charge in [-0.1, -0.05) is 48.7 Å². The van der Waals surface area contributed by atoms with Crippen LogP contribution in [0.3, 0.4) is 0 Å². The largest absolute Gasteiger partial charge is 0.284 e. The molecule has 33 heavy (non-hydrogen) atoms. The summed E-state index contributed by atoms with van der Waals surface area (Å²) in [6.45, 7) is 3.76. The predicted octanol–water partition coefficient (Wildman–Crippen LogP) is 5.87. The minimum absolute atomic E-state index is 0. The zero-order valence-electron chi connectivity index (χ0n) is 18.2. The average molecular weight is 512 g/mol. The van der Waals surface area contributed by atoms with E-state index < -0.39 is 0 Å². The van der Waals surface area contributed by atoms with E-state index >= 15 is 0 Å². The molecule has 4 atom stereocenters. The molecule has 1 aliphatic carbocycles. The molecule has 1 saturated heterocycles. The van der Waals surface area contributed by atoms with E-state index in [9.17, 15) is 9.18 Å². The molecule has 0 bridgehead atoms. The number of hydrogen-bond donors (Lipinski definition) is 1. The first-order valence-electron chi connectivity index (χ1n) is 11.0. The molecule has 3 aliphatic rings. The molecule has 1 amide bonds. The van der Waals surface area contributed by atoms with Crippen molar-refractivity contribution in [2.75, 3.05) is 18.1 Å². The van der Waals surface area contributed by atoms with Crippen LogP contribution < -0.4 is 10.4 Å². The van der Waals surface area contributed by atoms with Crippen molar-refractivity contribution >= 4 is 52.9 Å². The molecule has 2 aromatic carbocycles. The number of rotatable bonds is 4. The van der Waals surface area contributed by atoms with Crippen LogP contribution in [-0.2, 0) is 4.79 Å². The number of amides is 1. The first kappa shape index (κ1) is 24.3. The zero-order chi connectivity index (χ0) is 22.4. The molecule has 2 fully saturated rings. The van der Waals surface area contributed by atoms with Gasteiger partial charge in [0, 0.05) is 24.0 Å². The number of fused-ring (bicyclic) bond motifs is 1. The number of nitrogens with zero attached hydrogens (tertiary/aromatic N) is 3. The molecule has 0 spiro atoms. The van der Waals surface area contributed by atoms with Crippen LogP contribution in [0.15, 0.2) is 47.6 Å². The lowest BCUT2D eigenvalue weighted by Gasteiger charge is -2.27. The fourth-order valence-electron chi connectivity index (χ4n) is 5.37. The lowest BCUT2D eigenvalue weighted by atomic mass is 9.91. The van der Waals surface area contributed by atoms with E-state index in [0.717, 1.165) is 18.7 Å². The van der Waals surface area contributed by atoms with E-state index in [4.69, 9.17) is 28.3 Å². The smallest absolute Gasteiger partial charge is 0.282 e. The summed E-state index contributed by atoms with van der Waals surface area (Å²) >= 11 is 12.6. The number of halogens is 4. The second-order valence-corrected chi connectivity index (χ2v) is 9.85. The number of carbonyl (C=O) groups is 1. The molecule has 2 unspecified atom stereocenters. The van der Waals surface area contributed by atoms with Crippen LogP contribution in [0.1, 0.15) is 37.8 Å². The Morgan fingerprint density at radius 3 is 2.39 bits per heavy atom. The van der Waals surface area contributed by atoms with Crippen LogP contribution in [0.2, 0.25) is 10.0 Å². The van der Waals surface area contributed by atoms with Gasteiger partial charge in [-0.15, -0.1) is 12.4 Å². The maximum Gasteiger partial charge on any atom is 0.282 e. The van der Waals surface area contributed by atoms with Gasteiger partial charge in [0.25, 0.3) is 5.91 Å². The third-order valence-corrected chi connectivity index (χ3v) is 7.51. The third-order valence-electron chi connectivity index (χ3n) is 6.97. The molecule has 5 rings (SSSR count). The molecule has 2 aliphatic heterocycles. The summed E-state index contributed by atoms with van der Waals surface area (Å²) in [5.41, 5.74) is 5.02. The number of benzene rings is 2. The first-order chi connectivity index (χ1) is 15.4. The summed E-state index contributed by atoms with van der Waals surface area (Å²) in [5.74, 6) is 0.615. The SMILES string of the molecule is C[C@H]1C(C(=O)NN2CC3CCCC3C2)=NN(c2ccc(Cl)cc2Cl)[C@@H]1c1ccc(F)cc1.Cl. The van der Waals surface area contributed by atoms with Crippen molar-refractivity contribution < 1.29 is 9.18 Å².